The molecule has 1 aromatic rings. The van der Waals surface area contributed by atoms with E-state index in [-0.39, 0.29) is 11.9 Å². The van der Waals surface area contributed by atoms with E-state index in [9.17, 15) is 4.79 Å². The maximum atomic E-state index is 11.9. The van der Waals surface area contributed by atoms with Crippen LogP contribution in [-0.4, -0.2) is 38.8 Å². The second-order valence-corrected chi connectivity index (χ2v) is 5.55. The summed E-state index contributed by atoms with van der Waals surface area (Å²) in [6.45, 7) is 2.84. The van der Waals surface area contributed by atoms with Crippen molar-refractivity contribution in [2.75, 3.05) is 26.8 Å². The van der Waals surface area contributed by atoms with Crippen molar-refractivity contribution in [3.8, 4) is 5.75 Å². The third kappa shape index (κ3) is 5.66. The van der Waals surface area contributed by atoms with Crippen LogP contribution in [0.1, 0.15) is 31.2 Å². The first-order chi connectivity index (χ1) is 10.8. The topological polar surface area (TPSA) is 59.6 Å². The number of carbonyl (C=O) groups is 1. The van der Waals surface area contributed by atoms with Crippen molar-refractivity contribution in [1.82, 2.24) is 10.6 Å². The number of rotatable bonds is 8. The monoisotopic (exact) mass is 306 g/mol. The fraction of sp³-hybridized carbons (Fsp3) is 0.588. The van der Waals surface area contributed by atoms with Crippen LogP contribution in [0.25, 0.3) is 0 Å². The number of hydrogen-bond donors (Lipinski definition) is 2. The molecule has 1 unspecified atom stereocenters. The Hall–Kier alpha value is -1.59. The minimum absolute atomic E-state index is 0.00559. The zero-order chi connectivity index (χ0) is 15.6. The molecular formula is C17H26N2O3. The van der Waals surface area contributed by atoms with Crippen molar-refractivity contribution >= 4 is 5.91 Å². The first kappa shape index (κ1) is 16.8. The van der Waals surface area contributed by atoms with Gasteiger partial charge in [-0.25, -0.2) is 0 Å². The van der Waals surface area contributed by atoms with Crippen molar-refractivity contribution < 1.29 is 14.3 Å². The van der Waals surface area contributed by atoms with Crippen LogP contribution in [0.5, 0.6) is 5.75 Å². The lowest BCUT2D eigenvalue weighted by atomic mass is 10.0. The summed E-state index contributed by atoms with van der Waals surface area (Å²) in [6.07, 6.45) is 4.08. The first-order valence-corrected chi connectivity index (χ1v) is 8.01. The lowest BCUT2D eigenvalue weighted by molar-refractivity contribution is -0.123. The highest BCUT2D eigenvalue weighted by molar-refractivity contribution is 5.81. The maximum absolute atomic E-state index is 11.9. The van der Waals surface area contributed by atoms with E-state index in [2.05, 4.69) is 10.6 Å². The quantitative estimate of drug-likeness (QED) is 0.720. The third-order valence-electron chi connectivity index (χ3n) is 3.82. The van der Waals surface area contributed by atoms with Gasteiger partial charge in [-0.2, -0.15) is 0 Å². The van der Waals surface area contributed by atoms with Crippen molar-refractivity contribution in [1.29, 1.82) is 0 Å². The molecule has 1 amide bonds. The second-order valence-electron chi connectivity index (χ2n) is 5.55. The molecule has 1 aliphatic heterocycles. The summed E-state index contributed by atoms with van der Waals surface area (Å²) in [5, 5.41) is 6.22. The Morgan fingerprint density at radius 1 is 1.32 bits per heavy atom. The number of methoxy groups -OCH3 is 1. The third-order valence-corrected chi connectivity index (χ3v) is 3.82. The van der Waals surface area contributed by atoms with Crippen LogP contribution in [0.15, 0.2) is 24.3 Å². The second kappa shape index (κ2) is 9.43. The van der Waals surface area contributed by atoms with E-state index >= 15 is 0 Å². The van der Waals surface area contributed by atoms with Crippen LogP contribution >= 0.6 is 0 Å². The molecule has 0 saturated carbocycles. The summed E-state index contributed by atoms with van der Waals surface area (Å²) < 4.78 is 10.7. The van der Waals surface area contributed by atoms with Crippen molar-refractivity contribution in [2.24, 2.45) is 0 Å². The van der Waals surface area contributed by atoms with E-state index in [0.29, 0.717) is 19.8 Å². The van der Waals surface area contributed by atoms with Crippen LogP contribution in [-0.2, 0) is 16.1 Å². The van der Waals surface area contributed by atoms with Gasteiger partial charge in [0, 0.05) is 13.2 Å². The Kier molecular flexibility index (Phi) is 7.19. The Morgan fingerprint density at radius 2 is 2.14 bits per heavy atom. The Bertz CT molecular complexity index is 442. The molecule has 2 rings (SSSR count). The predicted octanol–water partition coefficient (Wildman–Crippen LogP) is 1.86. The summed E-state index contributed by atoms with van der Waals surface area (Å²) in [6, 6.07) is 7.84. The lowest BCUT2D eigenvalue weighted by Gasteiger charge is -2.22. The summed E-state index contributed by atoms with van der Waals surface area (Å²) in [4.78, 5) is 11.9. The van der Waals surface area contributed by atoms with Gasteiger partial charge >= 0.3 is 0 Å². The minimum Gasteiger partial charge on any atom is -0.497 e. The molecule has 0 spiro atoms. The van der Waals surface area contributed by atoms with Crippen molar-refractivity contribution in [3.63, 3.8) is 0 Å². The molecular weight excluding hydrogens is 280 g/mol. The molecule has 2 N–H and O–H groups in total. The van der Waals surface area contributed by atoms with Gasteiger partial charge in [0.25, 0.3) is 0 Å². The molecule has 5 nitrogen and oxygen atoms in total. The van der Waals surface area contributed by atoms with Crippen molar-refractivity contribution in [3.05, 3.63) is 29.8 Å². The van der Waals surface area contributed by atoms with Gasteiger partial charge in [-0.3, -0.25) is 4.79 Å². The molecule has 0 aliphatic carbocycles. The van der Waals surface area contributed by atoms with Gasteiger partial charge in [-0.05, 0) is 43.5 Å². The normalized spacial score (nSPS) is 18.0. The maximum Gasteiger partial charge on any atom is 0.237 e. The highest BCUT2D eigenvalue weighted by Gasteiger charge is 2.19. The SMILES string of the molecule is COc1ccc(COCCCNC(=O)C2CCCCN2)cc1. The summed E-state index contributed by atoms with van der Waals surface area (Å²) in [5.74, 6) is 0.970. The molecule has 122 valence electrons. The minimum atomic E-state index is -0.00559. The highest BCUT2D eigenvalue weighted by atomic mass is 16.5. The van der Waals surface area contributed by atoms with Gasteiger partial charge in [0.1, 0.15) is 5.75 Å². The number of carbonyl (C=O) groups excluding carboxylic acids is 1. The standard InChI is InChI=1S/C17H26N2O3/c1-21-15-8-6-14(7-9-15)13-22-12-4-11-19-17(20)16-5-2-3-10-18-16/h6-9,16,18H,2-5,10-13H2,1H3,(H,19,20). The van der Waals surface area contributed by atoms with Gasteiger partial charge in [-0.1, -0.05) is 18.6 Å². The van der Waals surface area contributed by atoms with Crippen LogP contribution < -0.4 is 15.4 Å². The van der Waals surface area contributed by atoms with Crippen LogP contribution in [0.4, 0.5) is 0 Å². The number of ether oxygens (including phenoxy) is 2. The molecule has 1 fully saturated rings. The molecule has 1 saturated heterocycles. The van der Waals surface area contributed by atoms with Crippen LogP contribution in [0, 0.1) is 0 Å². The van der Waals surface area contributed by atoms with Gasteiger partial charge in [-0.15, -0.1) is 0 Å². The van der Waals surface area contributed by atoms with Gasteiger partial charge in [0.2, 0.25) is 5.91 Å². The largest absolute Gasteiger partial charge is 0.497 e. The van der Waals surface area contributed by atoms with E-state index in [0.717, 1.165) is 37.1 Å². The average molecular weight is 306 g/mol. The fourth-order valence-corrected chi connectivity index (χ4v) is 2.50. The van der Waals surface area contributed by atoms with Gasteiger partial charge in [0.15, 0.2) is 0 Å². The van der Waals surface area contributed by atoms with E-state index in [4.69, 9.17) is 9.47 Å². The van der Waals surface area contributed by atoms with Crippen molar-refractivity contribution in [2.45, 2.75) is 38.3 Å². The Balaban J connectivity index is 1.52. The zero-order valence-electron chi connectivity index (χ0n) is 13.3. The number of piperidine rings is 1. The number of benzene rings is 1. The predicted molar refractivity (Wildman–Crippen MR) is 85.9 cm³/mol. The molecule has 5 heteroatoms. The number of amides is 1. The molecule has 0 radical (unpaired) electrons. The first-order valence-electron chi connectivity index (χ1n) is 8.01. The molecule has 1 atom stereocenters. The Morgan fingerprint density at radius 3 is 2.82 bits per heavy atom. The highest BCUT2D eigenvalue weighted by Crippen LogP contribution is 2.12. The summed E-state index contributed by atoms with van der Waals surface area (Å²) >= 11 is 0. The smallest absolute Gasteiger partial charge is 0.237 e. The number of hydrogen-bond acceptors (Lipinski definition) is 4. The Labute approximate surface area is 132 Å². The van der Waals surface area contributed by atoms with Crippen LogP contribution in [0.2, 0.25) is 0 Å². The average Bonchev–Trinajstić information content (AvgIpc) is 2.59. The van der Waals surface area contributed by atoms with E-state index < -0.39 is 0 Å². The van der Waals surface area contributed by atoms with E-state index in [1.54, 1.807) is 7.11 Å². The molecule has 1 aliphatic rings. The fourth-order valence-electron chi connectivity index (χ4n) is 2.50. The molecule has 1 heterocycles. The number of nitrogens with one attached hydrogen (secondary N) is 2. The molecule has 1 aromatic carbocycles. The molecule has 0 aromatic heterocycles. The van der Waals surface area contributed by atoms with Gasteiger partial charge in [0.05, 0.1) is 19.8 Å². The summed E-state index contributed by atoms with van der Waals surface area (Å²) in [7, 11) is 1.66. The molecule has 0 bridgehead atoms. The van der Waals surface area contributed by atoms with E-state index in [1.165, 1.54) is 6.42 Å². The van der Waals surface area contributed by atoms with E-state index in [1.807, 2.05) is 24.3 Å². The van der Waals surface area contributed by atoms with Gasteiger partial charge < -0.3 is 20.1 Å². The van der Waals surface area contributed by atoms with Crippen LogP contribution in [0.3, 0.4) is 0 Å². The lowest BCUT2D eigenvalue weighted by Crippen LogP contribution is -2.46. The zero-order valence-corrected chi connectivity index (χ0v) is 13.3. The molecule has 22 heavy (non-hydrogen) atoms. The summed E-state index contributed by atoms with van der Waals surface area (Å²) in [5.41, 5.74) is 1.12.